The number of benzene rings is 3. The number of aryl methyl sites for hydroxylation is 1. The van der Waals surface area contributed by atoms with Crippen LogP contribution in [0.2, 0.25) is 0 Å². The van der Waals surface area contributed by atoms with E-state index in [4.69, 9.17) is 14.2 Å². The average Bonchev–Trinajstić information content (AvgIpc) is 3.40. The molecule has 18 heteroatoms. The van der Waals surface area contributed by atoms with Crippen molar-refractivity contribution in [2.24, 2.45) is 0 Å². The minimum absolute atomic E-state index is 0.0818. The van der Waals surface area contributed by atoms with Gasteiger partial charge in [-0.05, 0) is 61.7 Å². The highest BCUT2D eigenvalue weighted by atomic mass is 32.2. The van der Waals surface area contributed by atoms with Gasteiger partial charge in [-0.2, -0.15) is 18.3 Å². The number of ether oxygens (including phenoxy) is 3. The lowest BCUT2D eigenvalue weighted by atomic mass is 9.90. The molecule has 332 valence electrons. The number of sulfone groups is 1. The van der Waals surface area contributed by atoms with Gasteiger partial charge in [-0.3, -0.25) is 9.48 Å². The van der Waals surface area contributed by atoms with E-state index < -0.39 is 56.2 Å². The van der Waals surface area contributed by atoms with Gasteiger partial charge in [0.2, 0.25) is 15.0 Å². The molecule has 2 aromatic heterocycles. The number of methoxy groups -OCH3 is 2. The number of halogens is 4. The molecule has 0 aliphatic carbocycles. The maximum Gasteiger partial charge on any atom is 0.418 e. The van der Waals surface area contributed by atoms with E-state index in [0.717, 1.165) is 23.4 Å². The Morgan fingerprint density at radius 2 is 1.60 bits per heavy atom. The van der Waals surface area contributed by atoms with Gasteiger partial charge in [0.05, 0.1) is 56.1 Å². The number of anilines is 2. The summed E-state index contributed by atoms with van der Waals surface area (Å²) in [7, 11) is 2.25. The number of fused-ring (bicyclic) bond motifs is 2. The average molecular weight is 890 g/mol. The molecular weight excluding hydrogens is 843 g/mol. The second kappa shape index (κ2) is 17.9. The van der Waals surface area contributed by atoms with Crippen molar-refractivity contribution in [3.05, 3.63) is 116 Å². The summed E-state index contributed by atoms with van der Waals surface area (Å²) in [6.07, 6.45) is -5.59. The maximum absolute atomic E-state index is 17.6. The monoisotopic (exact) mass is 889 g/mol. The first-order valence-electron chi connectivity index (χ1n) is 20.0. The molecule has 0 fully saturated rings. The number of nitrogens with zero attached hydrogens (tertiary/aromatic N) is 7. The number of carbonyl (C=O) groups excluding carboxylic acids is 1. The number of amides is 1. The van der Waals surface area contributed by atoms with Crippen LogP contribution in [0, 0.1) is 24.6 Å². The van der Waals surface area contributed by atoms with E-state index in [1.807, 2.05) is 4.90 Å². The first kappa shape index (κ1) is 44.9. The summed E-state index contributed by atoms with van der Waals surface area (Å²) in [6.45, 7) is 4.02. The molecule has 0 N–H and O–H groups in total. The van der Waals surface area contributed by atoms with Gasteiger partial charge in [-0.15, -0.1) is 5.92 Å². The lowest BCUT2D eigenvalue weighted by Gasteiger charge is -2.33. The Balaban J connectivity index is 1.35. The predicted molar refractivity (Wildman–Crippen MR) is 227 cm³/mol. The van der Waals surface area contributed by atoms with Crippen molar-refractivity contribution in [1.29, 1.82) is 0 Å². The van der Waals surface area contributed by atoms with E-state index >= 15 is 17.6 Å². The number of alkyl halides is 3. The summed E-state index contributed by atoms with van der Waals surface area (Å²) >= 11 is 0. The number of hydrogen-bond donors (Lipinski definition) is 0. The van der Waals surface area contributed by atoms with Crippen LogP contribution in [0.1, 0.15) is 80.3 Å². The zero-order valence-corrected chi connectivity index (χ0v) is 36.7. The zero-order valence-electron chi connectivity index (χ0n) is 35.9. The van der Waals surface area contributed by atoms with E-state index in [1.165, 1.54) is 26.0 Å². The smallest absolute Gasteiger partial charge is 0.418 e. The van der Waals surface area contributed by atoms with Crippen LogP contribution in [0.3, 0.4) is 0 Å². The Morgan fingerprint density at radius 1 is 0.984 bits per heavy atom. The van der Waals surface area contributed by atoms with Crippen LogP contribution in [0.15, 0.2) is 59.8 Å². The molecule has 7 rings (SSSR count). The van der Waals surface area contributed by atoms with Gasteiger partial charge in [0.15, 0.2) is 11.5 Å². The number of carbonyl (C=O) groups is 1. The van der Waals surface area contributed by atoms with Crippen LogP contribution in [0.25, 0.3) is 0 Å². The molecule has 0 radical (unpaired) electrons. The third-order valence-corrected chi connectivity index (χ3v) is 12.0. The Bertz CT molecular complexity index is 2660. The number of rotatable bonds is 11. The molecule has 2 aliphatic heterocycles. The van der Waals surface area contributed by atoms with Crippen LogP contribution in [0.5, 0.6) is 11.5 Å². The molecule has 1 unspecified atom stereocenters. The highest BCUT2D eigenvalue weighted by Crippen LogP contribution is 2.46. The fraction of sp³-hybridized carbons (Fsp3) is 0.378. The van der Waals surface area contributed by atoms with Gasteiger partial charge >= 0.3 is 6.18 Å². The van der Waals surface area contributed by atoms with E-state index in [2.05, 4.69) is 26.9 Å². The second-order valence-corrected chi connectivity index (χ2v) is 17.5. The molecule has 0 spiro atoms. The molecule has 1 amide bonds. The predicted octanol–water partition coefficient (Wildman–Crippen LogP) is 7.06. The lowest BCUT2D eigenvalue weighted by Crippen LogP contribution is -2.31. The van der Waals surface area contributed by atoms with Crippen molar-refractivity contribution in [2.75, 3.05) is 50.9 Å². The summed E-state index contributed by atoms with van der Waals surface area (Å²) in [4.78, 5) is 26.7. The fourth-order valence-corrected chi connectivity index (χ4v) is 8.47. The van der Waals surface area contributed by atoms with Crippen LogP contribution in [-0.2, 0) is 60.0 Å². The third kappa shape index (κ3) is 9.30. The normalized spacial score (nSPS) is 15.1. The summed E-state index contributed by atoms with van der Waals surface area (Å²) in [5.74, 6) is 5.10. The molecular formula is C45H47F4N7O6S. The van der Waals surface area contributed by atoms with Gasteiger partial charge in [0.1, 0.15) is 17.3 Å². The van der Waals surface area contributed by atoms with Crippen molar-refractivity contribution in [2.45, 2.75) is 76.9 Å². The minimum atomic E-state index is -5.08. The molecule has 0 saturated heterocycles. The standard InChI is InChI=1S/C45H47F4N7O6S/c1-8-10-30-21-35(55(23-28-11-15-31(60-5)16-12-28)24-29-13-17-32(61-6)18-14-29)40(46)38(39(30)45(47,48)49)37-22-34-33(26-62-37)42(51-44(50-34)63(7,58)59)54-19-9-20-56-36(25-54)27(2)41(52-56)43(57)53(3)4/h11-18,21,37H,9,19-20,22-26H2,1-7H3. The van der Waals surface area contributed by atoms with Crippen molar-refractivity contribution < 1.29 is 45.0 Å². The van der Waals surface area contributed by atoms with E-state index in [0.29, 0.717) is 47.8 Å². The largest absolute Gasteiger partial charge is 0.497 e. The highest BCUT2D eigenvalue weighted by Gasteiger charge is 2.43. The first-order chi connectivity index (χ1) is 29.9. The van der Waals surface area contributed by atoms with Crippen LogP contribution in [-0.4, -0.2) is 80.1 Å². The van der Waals surface area contributed by atoms with E-state index in [1.54, 1.807) is 79.1 Å². The van der Waals surface area contributed by atoms with Gasteiger partial charge in [-0.1, -0.05) is 30.2 Å². The summed E-state index contributed by atoms with van der Waals surface area (Å²) < 4.78 is 109. The van der Waals surface area contributed by atoms with Gasteiger partial charge < -0.3 is 28.9 Å². The van der Waals surface area contributed by atoms with Crippen molar-refractivity contribution >= 4 is 27.2 Å². The molecule has 2 aliphatic rings. The van der Waals surface area contributed by atoms with Crippen molar-refractivity contribution in [3.8, 4) is 23.3 Å². The molecule has 13 nitrogen and oxygen atoms in total. The van der Waals surface area contributed by atoms with Gasteiger partial charge in [-0.25, -0.2) is 22.8 Å². The Morgan fingerprint density at radius 3 is 2.14 bits per heavy atom. The molecule has 0 bridgehead atoms. The van der Waals surface area contributed by atoms with Crippen LogP contribution < -0.4 is 19.3 Å². The van der Waals surface area contributed by atoms with Gasteiger partial charge in [0.25, 0.3) is 5.91 Å². The van der Waals surface area contributed by atoms with E-state index in [-0.39, 0.29) is 55.0 Å². The summed E-state index contributed by atoms with van der Waals surface area (Å²) in [6, 6.07) is 15.2. The minimum Gasteiger partial charge on any atom is -0.497 e. The van der Waals surface area contributed by atoms with Crippen molar-refractivity contribution in [1.82, 2.24) is 24.6 Å². The molecule has 3 aromatic carbocycles. The van der Waals surface area contributed by atoms with Crippen LogP contribution in [0.4, 0.5) is 29.1 Å². The molecule has 5 aromatic rings. The Kier molecular flexibility index (Phi) is 12.7. The highest BCUT2D eigenvalue weighted by molar-refractivity contribution is 7.90. The third-order valence-electron chi connectivity index (χ3n) is 11.1. The van der Waals surface area contributed by atoms with Gasteiger partial charge in [0, 0.05) is 75.2 Å². The maximum atomic E-state index is 17.6. The van der Waals surface area contributed by atoms with Crippen LogP contribution >= 0.6 is 0 Å². The summed E-state index contributed by atoms with van der Waals surface area (Å²) in [5.41, 5.74) is 0.880. The zero-order chi connectivity index (χ0) is 45.4. The quantitative estimate of drug-likeness (QED) is 0.0767. The number of hydrogen-bond acceptors (Lipinski definition) is 11. The number of aromatic nitrogens is 4. The molecule has 0 saturated carbocycles. The SMILES string of the molecule is CC#Cc1cc(N(Cc2ccc(OC)cc2)Cc2ccc(OC)cc2)c(F)c(C2Cc3nc(S(C)(=O)=O)nc(N4CCCn5nc(C(=O)N(C)C)c(C)c5C4)c3CO2)c1C(F)(F)F. The Labute approximate surface area is 363 Å². The lowest BCUT2D eigenvalue weighted by molar-refractivity contribution is -0.140. The van der Waals surface area contributed by atoms with E-state index in [9.17, 15) is 13.2 Å². The molecule has 63 heavy (non-hydrogen) atoms. The van der Waals surface area contributed by atoms with Crippen molar-refractivity contribution in [3.63, 3.8) is 0 Å². The molecule has 4 heterocycles. The Hall–Kier alpha value is -6.19. The first-order valence-corrected chi connectivity index (χ1v) is 21.9. The topological polar surface area (TPSA) is 132 Å². The second-order valence-electron chi connectivity index (χ2n) is 15.6. The fourth-order valence-electron chi connectivity index (χ4n) is 7.95. The molecule has 1 atom stereocenters. The summed E-state index contributed by atoms with van der Waals surface area (Å²) in [5, 5.41) is 4.04.